The van der Waals surface area contributed by atoms with Gasteiger partial charge in [-0.15, -0.1) is 0 Å². The molecular formula is C15H21NO2. The van der Waals surface area contributed by atoms with Gasteiger partial charge in [0.05, 0.1) is 0 Å². The third kappa shape index (κ3) is 3.57. The Labute approximate surface area is 108 Å². The van der Waals surface area contributed by atoms with E-state index in [1.165, 1.54) is 12.8 Å². The number of hydrogen-bond acceptors (Lipinski definition) is 3. The first-order chi connectivity index (χ1) is 8.65. The molecule has 3 heteroatoms. The highest BCUT2D eigenvalue weighted by molar-refractivity contribution is 5.96. The summed E-state index contributed by atoms with van der Waals surface area (Å²) in [6.07, 6.45) is 3.01. The lowest BCUT2D eigenvalue weighted by Crippen LogP contribution is -2.34. The molecule has 1 N–H and O–H groups in total. The number of hydrogen-bond donors (Lipinski definition) is 1. The maximum Gasteiger partial charge on any atom is 0.164 e. The van der Waals surface area contributed by atoms with E-state index in [1.807, 2.05) is 0 Å². The summed E-state index contributed by atoms with van der Waals surface area (Å²) in [5, 5.41) is 9.35. The van der Waals surface area contributed by atoms with E-state index in [1.54, 1.807) is 24.3 Å². The van der Waals surface area contributed by atoms with Crippen molar-refractivity contribution in [2.75, 3.05) is 19.6 Å². The van der Waals surface area contributed by atoms with E-state index < -0.39 is 0 Å². The van der Waals surface area contributed by atoms with Gasteiger partial charge >= 0.3 is 0 Å². The van der Waals surface area contributed by atoms with Crippen LogP contribution in [0.2, 0.25) is 0 Å². The number of nitrogens with zero attached hydrogens (tertiary/aromatic N) is 1. The van der Waals surface area contributed by atoms with E-state index in [-0.39, 0.29) is 11.5 Å². The minimum atomic E-state index is 0.115. The van der Waals surface area contributed by atoms with Crippen LogP contribution < -0.4 is 0 Å². The zero-order valence-electron chi connectivity index (χ0n) is 10.9. The number of Topliss-reactive ketones (excluding diaryl/α,β-unsaturated/α-hetero) is 1. The topological polar surface area (TPSA) is 40.5 Å². The number of phenolic OH excluding ortho intramolecular Hbond substituents is 1. The summed E-state index contributed by atoms with van der Waals surface area (Å²) in [4.78, 5) is 14.3. The fourth-order valence-corrected chi connectivity index (χ4v) is 2.37. The number of rotatable bonds is 4. The maximum atomic E-state index is 12.0. The molecular weight excluding hydrogens is 226 g/mol. The van der Waals surface area contributed by atoms with Crippen LogP contribution in [0.5, 0.6) is 5.75 Å². The first-order valence-corrected chi connectivity index (χ1v) is 6.70. The number of carbonyl (C=O) groups excluding carboxylic acids is 1. The lowest BCUT2D eigenvalue weighted by atomic mass is 9.99. The number of ketones is 1. The van der Waals surface area contributed by atoms with Crippen LogP contribution in [0.1, 0.15) is 36.5 Å². The molecule has 0 aromatic heterocycles. The first-order valence-electron chi connectivity index (χ1n) is 6.70. The van der Waals surface area contributed by atoms with Crippen LogP contribution in [-0.2, 0) is 0 Å². The van der Waals surface area contributed by atoms with E-state index in [4.69, 9.17) is 0 Å². The van der Waals surface area contributed by atoms with E-state index in [9.17, 15) is 9.90 Å². The van der Waals surface area contributed by atoms with Crippen LogP contribution in [0.25, 0.3) is 0 Å². The van der Waals surface area contributed by atoms with Crippen molar-refractivity contribution in [3.05, 3.63) is 29.8 Å². The maximum absolute atomic E-state index is 12.0. The summed E-state index contributed by atoms with van der Waals surface area (Å²) in [5.74, 6) is 1.10. The van der Waals surface area contributed by atoms with Crippen LogP contribution in [0.3, 0.4) is 0 Å². The van der Waals surface area contributed by atoms with Crippen molar-refractivity contribution < 1.29 is 9.90 Å². The van der Waals surface area contributed by atoms with Gasteiger partial charge in [-0.1, -0.05) is 19.1 Å². The fraction of sp³-hybridized carbons (Fsp3) is 0.533. The van der Waals surface area contributed by atoms with Crippen LogP contribution in [0, 0.1) is 5.92 Å². The Kier molecular flexibility index (Phi) is 4.37. The highest BCUT2D eigenvalue weighted by Crippen LogP contribution is 2.17. The van der Waals surface area contributed by atoms with Crippen molar-refractivity contribution in [1.82, 2.24) is 4.90 Å². The van der Waals surface area contributed by atoms with Crippen LogP contribution in [0.4, 0.5) is 0 Å². The molecule has 18 heavy (non-hydrogen) atoms. The molecule has 1 aliphatic heterocycles. The molecule has 0 aliphatic carbocycles. The van der Waals surface area contributed by atoms with E-state index in [0.717, 1.165) is 25.6 Å². The summed E-state index contributed by atoms with van der Waals surface area (Å²) >= 11 is 0. The quantitative estimate of drug-likeness (QED) is 0.832. The molecule has 1 fully saturated rings. The second-order valence-electron chi connectivity index (χ2n) is 5.25. The van der Waals surface area contributed by atoms with E-state index in [2.05, 4.69) is 11.8 Å². The van der Waals surface area contributed by atoms with Crippen molar-refractivity contribution in [2.24, 2.45) is 5.92 Å². The molecule has 1 aromatic rings. The Morgan fingerprint density at radius 2 is 2.11 bits per heavy atom. The molecule has 1 saturated heterocycles. The van der Waals surface area contributed by atoms with Crippen molar-refractivity contribution in [1.29, 1.82) is 0 Å². The zero-order valence-corrected chi connectivity index (χ0v) is 10.9. The molecule has 1 heterocycles. The molecule has 1 aromatic carbocycles. The summed E-state index contributed by atoms with van der Waals surface area (Å²) in [6, 6.07) is 6.61. The van der Waals surface area contributed by atoms with Gasteiger partial charge in [-0.05, 0) is 44.0 Å². The Morgan fingerprint density at radius 1 is 1.39 bits per heavy atom. The second kappa shape index (κ2) is 6.01. The fourth-order valence-electron chi connectivity index (χ4n) is 2.37. The highest BCUT2D eigenvalue weighted by Gasteiger charge is 2.16. The first kappa shape index (κ1) is 13.1. The third-order valence-electron chi connectivity index (χ3n) is 3.70. The normalized spacial score (nSPS) is 17.8. The Morgan fingerprint density at radius 3 is 2.78 bits per heavy atom. The van der Waals surface area contributed by atoms with Gasteiger partial charge in [-0.3, -0.25) is 4.79 Å². The smallest absolute Gasteiger partial charge is 0.164 e. The number of likely N-dealkylation sites (tertiary alicyclic amines) is 1. The SMILES string of the molecule is CC1CCN(CCC(=O)c2cccc(O)c2)CC1. The van der Waals surface area contributed by atoms with E-state index >= 15 is 0 Å². The van der Waals surface area contributed by atoms with Crippen molar-refractivity contribution in [2.45, 2.75) is 26.2 Å². The molecule has 0 unspecified atom stereocenters. The third-order valence-corrected chi connectivity index (χ3v) is 3.70. The highest BCUT2D eigenvalue weighted by atomic mass is 16.3. The predicted octanol–water partition coefficient (Wildman–Crippen LogP) is 2.70. The number of phenols is 1. The lowest BCUT2D eigenvalue weighted by molar-refractivity contribution is 0.0952. The monoisotopic (exact) mass is 247 g/mol. The Hall–Kier alpha value is -1.35. The molecule has 2 rings (SSSR count). The van der Waals surface area contributed by atoms with Gasteiger partial charge < -0.3 is 10.0 Å². The molecule has 1 aliphatic rings. The molecule has 0 atom stereocenters. The number of carbonyl (C=O) groups is 1. The zero-order chi connectivity index (χ0) is 13.0. The number of benzene rings is 1. The summed E-state index contributed by atoms with van der Waals surface area (Å²) < 4.78 is 0. The molecule has 0 radical (unpaired) electrons. The predicted molar refractivity (Wildman–Crippen MR) is 71.9 cm³/mol. The molecule has 0 spiro atoms. The number of aromatic hydroxyl groups is 1. The van der Waals surface area contributed by atoms with Gasteiger partial charge in [0.1, 0.15) is 5.75 Å². The molecule has 98 valence electrons. The Balaban J connectivity index is 1.81. The van der Waals surface area contributed by atoms with Crippen LogP contribution >= 0.6 is 0 Å². The van der Waals surface area contributed by atoms with Gasteiger partial charge in [0.2, 0.25) is 0 Å². The average Bonchev–Trinajstić information content (AvgIpc) is 2.38. The van der Waals surface area contributed by atoms with Gasteiger partial charge in [-0.2, -0.15) is 0 Å². The molecule has 3 nitrogen and oxygen atoms in total. The minimum absolute atomic E-state index is 0.115. The van der Waals surface area contributed by atoms with Gasteiger partial charge in [0.15, 0.2) is 5.78 Å². The molecule has 0 saturated carbocycles. The lowest BCUT2D eigenvalue weighted by Gasteiger charge is -2.29. The van der Waals surface area contributed by atoms with Crippen LogP contribution in [-0.4, -0.2) is 35.4 Å². The summed E-state index contributed by atoms with van der Waals surface area (Å²) in [7, 11) is 0. The standard InChI is InChI=1S/C15H21NO2/c1-12-5-8-16(9-6-12)10-7-15(18)13-3-2-4-14(17)11-13/h2-4,11-12,17H,5-10H2,1H3. The second-order valence-corrected chi connectivity index (χ2v) is 5.25. The Bertz CT molecular complexity index is 409. The summed E-state index contributed by atoms with van der Waals surface area (Å²) in [5.41, 5.74) is 0.611. The van der Waals surface area contributed by atoms with Crippen molar-refractivity contribution >= 4 is 5.78 Å². The number of piperidine rings is 1. The largest absolute Gasteiger partial charge is 0.508 e. The molecule has 0 bridgehead atoms. The minimum Gasteiger partial charge on any atom is -0.508 e. The van der Waals surface area contributed by atoms with Crippen molar-refractivity contribution in [3.63, 3.8) is 0 Å². The van der Waals surface area contributed by atoms with Gasteiger partial charge in [0.25, 0.3) is 0 Å². The van der Waals surface area contributed by atoms with Gasteiger partial charge in [0, 0.05) is 18.5 Å². The van der Waals surface area contributed by atoms with Crippen LogP contribution in [0.15, 0.2) is 24.3 Å². The molecule has 0 amide bonds. The summed E-state index contributed by atoms with van der Waals surface area (Å²) in [6.45, 7) is 5.33. The van der Waals surface area contributed by atoms with Gasteiger partial charge in [-0.25, -0.2) is 0 Å². The van der Waals surface area contributed by atoms with Crippen molar-refractivity contribution in [3.8, 4) is 5.75 Å². The average molecular weight is 247 g/mol. The van der Waals surface area contributed by atoms with E-state index in [0.29, 0.717) is 12.0 Å².